The van der Waals surface area contributed by atoms with Crippen LogP contribution in [0.5, 0.6) is 0 Å². The molecule has 0 spiro atoms. The van der Waals surface area contributed by atoms with E-state index in [1.807, 2.05) is 0 Å². The summed E-state index contributed by atoms with van der Waals surface area (Å²) in [5, 5.41) is 0. The number of hydrogen-bond acceptors (Lipinski definition) is 1. The molecular formula is C10H19N. The third kappa shape index (κ3) is 2.32. The van der Waals surface area contributed by atoms with E-state index in [2.05, 4.69) is 38.9 Å². The molecule has 2 atom stereocenters. The van der Waals surface area contributed by atoms with Crippen LogP contribution in [0.15, 0.2) is 4.99 Å². The minimum atomic E-state index is 0.459. The molecule has 0 aliphatic carbocycles. The van der Waals surface area contributed by atoms with Gasteiger partial charge in [0.15, 0.2) is 0 Å². The van der Waals surface area contributed by atoms with Crippen LogP contribution in [0.4, 0.5) is 0 Å². The molecule has 0 amide bonds. The molecule has 1 heterocycles. The second kappa shape index (κ2) is 2.96. The zero-order valence-corrected chi connectivity index (χ0v) is 8.09. The second-order valence-corrected chi connectivity index (χ2v) is 4.72. The van der Waals surface area contributed by atoms with Crippen molar-refractivity contribution >= 4 is 6.21 Å². The predicted molar refractivity (Wildman–Crippen MR) is 50.1 cm³/mol. The quantitative estimate of drug-likeness (QED) is 0.507. The lowest BCUT2D eigenvalue weighted by atomic mass is 9.75. The minimum Gasteiger partial charge on any atom is -0.294 e. The van der Waals surface area contributed by atoms with Crippen molar-refractivity contribution in [3.05, 3.63) is 0 Å². The average molecular weight is 153 g/mol. The van der Waals surface area contributed by atoms with Crippen molar-refractivity contribution in [2.45, 2.75) is 46.6 Å². The van der Waals surface area contributed by atoms with Gasteiger partial charge in [0.1, 0.15) is 0 Å². The van der Waals surface area contributed by atoms with E-state index < -0.39 is 0 Å². The Labute approximate surface area is 69.9 Å². The van der Waals surface area contributed by atoms with Crippen LogP contribution in [0, 0.1) is 11.3 Å². The monoisotopic (exact) mass is 153 g/mol. The molecule has 2 unspecified atom stereocenters. The Morgan fingerprint density at radius 1 is 1.36 bits per heavy atom. The maximum Gasteiger partial charge on any atom is 0.0470 e. The van der Waals surface area contributed by atoms with Gasteiger partial charge in [-0.1, -0.05) is 20.8 Å². The Morgan fingerprint density at radius 3 is 2.36 bits per heavy atom. The predicted octanol–water partition coefficient (Wildman–Crippen LogP) is 2.90. The molecule has 1 heteroatoms. The SMILES string of the molecule is CC1CC(C(C)(C)C)CC=N1. The lowest BCUT2D eigenvalue weighted by Crippen LogP contribution is -2.26. The van der Waals surface area contributed by atoms with Crippen LogP contribution in [0.1, 0.15) is 40.5 Å². The topological polar surface area (TPSA) is 12.4 Å². The first kappa shape index (κ1) is 8.76. The van der Waals surface area contributed by atoms with E-state index in [1.54, 1.807) is 0 Å². The van der Waals surface area contributed by atoms with Crippen LogP contribution < -0.4 is 0 Å². The maximum atomic E-state index is 4.37. The number of nitrogens with zero attached hydrogens (tertiary/aromatic N) is 1. The van der Waals surface area contributed by atoms with E-state index in [4.69, 9.17) is 0 Å². The van der Waals surface area contributed by atoms with Crippen LogP contribution in [-0.4, -0.2) is 12.3 Å². The number of rotatable bonds is 0. The zero-order valence-electron chi connectivity index (χ0n) is 8.09. The van der Waals surface area contributed by atoms with Gasteiger partial charge >= 0.3 is 0 Å². The highest BCUT2D eigenvalue weighted by atomic mass is 14.8. The van der Waals surface area contributed by atoms with Gasteiger partial charge in [-0.3, -0.25) is 4.99 Å². The first-order chi connectivity index (χ1) is 5.00. The van der Waals surface area contributed by atoms with E-state index in [-0.39, 0.29) is 0 Å². The van der Waals surface area contributed by atoms with Crippen LogP contribution in [0.25, 0.3) is 0 Å². The molecule has 0 aromatic carbocycles. The third-order valence-corrected chi connectivity index (χ3v) is 2.60. The molecular weight excluding hydrogens is 134 g/mol. The van der Waals surface area contributed by atoms with Crippen molar-refractivity contribution in [2.24, 2.45) is 16.3 Å². The van der Waals surface area contributed by atoms with Gasteiger partial charge in [-0.05, 0) is 37.3 Å². The van der Waals surface area contributed by atoms with Crippen molar-refractivity contribution in [1.82, 2.24) is 0 Å². The van der Waals surface area contributed by atoms with Gasteiger partial charge in [0.25, 0.3) is 0 Å². The van der Waals surface area contributed by atoms with Gasteiger partial charge in [0.2, 0.25) is 0 Å². The van der Waals surface area contributed by atoms with E-state index in [9.17, 15) is 0 Å². The molecule has 1 aliphatic heterocycles. The van der Waals surface area contributed by atoms with E-state index in [1.165, 1.54) is 12.8 Å². The van der Waals surface area contributed by atoms with Gasteiger partial charge in [-0.15, -0.1) is 0 Å². The Kier molecular flexibility index (Phi) is 2.36. The fraction of sp³-hybridized carbons (Fsp3) is 0.900. The fourth-order valence-corrected chi connectivity index (χ4v) is 1.64. The molecule has 0 saturated heterocycles. The molecule has 0 aromatic heterocycles. The van der Waals surface area contributed by atoms with Gasteiger partial charge in [0.05, 0.1) is 0 Å². The van der Waals surface area contributed by atoms with Gasteiger partial charge in [-0.2, -0.15) is 0 Å². The summed E-state index contributed by atoms with van der Waals surface area (Å²) >= 11 is 0. The first-order valence-corrected chi connectivity index (χ1v) is 4.52. The van der Waals surface area contributed by atoms with Crippen LogP contribution in [0.2, 0.25) is 0 Å². The smallest absolute Gasteiger partial charge is 0.0470 e. The normalized spacial score (nSPS) is 32.4. The molecule has 0 radical (unpaired) electrons. The largest absolute Gasteiger partial charge is 0.294 e. The molecule has 1 aliphatic rings. The minimum absolute atomic E-state index is 0.459. The van der Waals surface area contributed by atoms with Crippen LogP contribution in [0.3, 0.4) is 0 Å². The van der Waals surface area contributed by atoms with Crippen molar-refractivity contribution in [3.8, 4) is 0 Å². The van der Waals surface area contributed by atoms with E-state index in [0.717, 1.165) is 5.92 Å². The summed E-state index contributed by atoms with van der Waals surface area (Å²) < 4.78 is 0. The van der Waals surface area contributed by atoms with Crippen LogP contribution in [-0.2, 0) is 0 Å². The highest BCUT2D eigenvalue weighted by molar-refractivity contribution is 5.59. The lowest BCUT2D eigenvalue weighted by molar-refractivity contribution is 0.218. The standard InChI is InChI=1S/C10H19N/c1-8-7-9(5-6-11-8)10(2,3)4/h6,8-9H,5,7H2,1-4H3. The van der Waals surface area contributed by atoms with Crippen molar-refractivity contribution in [2.75, 3.05) is 0 Å². The highest BCUT2D eigenvalue weighted by Gasteiger charge is 2.26. The maximum absolute atomic E-state index is 4.37. The van der Waals surface area contributed by atoms with Crippen molar-refractivity contribution < 1.29 is 0 Å². The Hall–Kier alpha value is -0.330. The van der Waals surface area contributed by atoms with Gasteiger partial charge < -0.3 is 0 Å². The number of aliphatic imine (C=N–C) groups is 1. The highest BCUT2D eigenvalue weighted by Crippen LogP contribution is 2.34. The molecule has 1 nitrogen and oxygen atoms in total. The van der Waals surface area contributed by atoms with Gasteiger partial charge in [0, 0.05) is 6.04 Å². The Bertz CT molecular complexity index is 153. The van der Waals surface area contributed by atoms with Crippen molar-refractivity contribution in [3.63, 3.8) is 0 Å². The van der Waals surface area contributed by atoms with E-state index in [0.29, 0.717) is 11.5 Å². The zero-order chi connectivity index (χ0) is 8.48. The Morgan fingerprint density at radius 2 is 2.00 bits per heavy atom. The summed E-state index contributed by atoms with van der Waals surface area (Å²) in [6, 6.07) is 0.549. The molecule has 1 rings (SSSR count). The van der Waals surface area contributed by atoms with Gasteiger partial charge in [-0.25, -0.2) is 0 Å². The summed E-state index contributed by atoms with van der Waals surface area (Å²) in [4.78, 5) is 4.37. The second-order valence-electron chi connectivity index (χ2n) is 4.72. The Balaban J connectivity index is 2.57. The molecule has 64 valence electrons. The molecule has 0 fully saturated rings. The number of hydrogen-bond donors (Lipinski definition) is 0. The lowest BCUT2D eigenvalue weighted by Gasteiger charge is -2.33. The third-order valence-electron chi connectivity index (χ3n) is 2.60. The molecule has 11 heavy (non-hydrogen) atoms. The van der Waals surface area contributed by atoms with Crippen molar-refractivity contribution in [1.29, 1.82) is 0 Å². The van der Waals surface area contributed by atoms with E-state index >= 15 is 0 Å². The molecule has 0 N–H and O–H groups in total. The summed E-state index contributed by atoms with van der Waals surface area (Å²) in [5.74, 6) is 0.829. The first-order valence-electron chi connectivity index (χ1n) is 4.52. The molecule has 0 bridgehead atoms. The summed E-state index contributed by atoms with van der Waals surface area (Å²) in [7, 11) is 0. The molecule has 0 saturated carbocycles. The summed E-state index contributed by atoms with van der Waals surface area (Å²) in [6.45, 7) is 9.17. The molecule has 0 aromatic rings. The average Bonchev–Trinajstić information content (AvgIpc) is 1.86. The summed E-state index contributed by atoms with van der Waals surface area (Å²) in [6.07, 6.45) is 4.54. The summed E-state index contributed by atoms with van der Waals surface area (Å²) in [5.41, 5.74) is 0.459. The van der Waals surface area contributed by atoms with Crippen LogP contribution >= 0.6 is 0 Å². The fourth-order valence-electron chi connectivity index (χ4n) is 1.64.